The molecule has 0 fully saturated rings. The number of benzene rings is 1. The van der Waals surface area contributed by atoms with Gasteiger partial charge in [-0.25, -0.2) is 9.97 Å². The van der Waals surface area contributed by atoms with E-state index in [9.17, 15) is 0 Å². The van der Waals surface area contributed by atoms with Crippen LogP contribution in [0.25, 0.3) is 0 Å². The molecule has 2 aromatic rings. The molecule has 0 aliphatic heterocycles. The van der Waals surface area contributed by atoms with Crippen molar-refractivity contribution in [2.24, 2.45) is 0 Å². The molecule has 1 aromatic heterocycles. The van der Waals surface area contributed by atoms with Gasteiger partial charge in [-0.1, -0.05) is 45.4 Å². The lowest BCUT2D eigenvalue weighted by atomic mass is 10.0. The molecule has 0 saturated heterocycles. The standard InChI is InChI=1S/C19H28N4/c1-6-7-12-23(5)19-13-18(20-15(4)21-19)22-17-11-9-8-10-16(17)14(2)3/h8-11,13-14H,6-7,12H2,1-5H3,(H,20,21,22). The average Bonchev–Trinajstić information content (AvgIpc) is 2.52. The number of aromatic nitrogens is 2. The molecule has 0 unspecified atom stereocenters. The normalized spacial score (nSPS) is 10.9. The van der Waals surface area contributed by atoms with Crippen molar-refractivity contribution < 1.29 is 0 Å². The average molecular weight is 312 g/mol. The molecule has 0 aliphatic rings. The van der Waals surface area contributed by atoms with E-state index in [-0.39, 0.29) is 0 Å². The fraction of sp³-hybridized carbons (Fsp3) is 0.474. The molecule has 0 spiro atoms. The van der Waals surface area contributed by atoms with Crippen LogP contribution >= 0.6 is 0 Å². The lowest BCUT2D eigenvalue weighted by Crippen LogP contribution is -2.20. The van der Waals surface area contributed by atoms with Gasteiger partial charge in [-0.3, -0.25) is 0 Å². The third kappa shape index (κ3) is 4.68. The van der Waals surface area contributed by atoms with Crippen LogP contribution in [0.15, 0.2) is 30.3 Å². The summed E-state index contributed by atoms with van der Waals surface area (Å²) in [5.74, 6) is 3.07. The maximum Gasteiger partial charge on any atom is 0.136 e. The van der Waals surface area contributed by atoms with Gasteiger partial charge in [0.1, 0.15) is 17.5 Å². The first-order valence-corrected chi connectivity index (χ1v) is 8.44. The Morgan fingerprint density at radius 3 is 2.61 bits per heavy atom. The van der Waals surface area contributed by atoms with Crippen molar-refractivity contribution >= 4 is 17.3 Å². The molecule has 0 amide bonds. The van der Waals surface area contributed by atoms with Crippen LogP contribution in [0, 0.1) is 6.92 Å². The molecule has 124 valence electrons. The quantitative estimate of drug-likeness (QED) is 0.790. The Labute approximate surface area is 140 Å². The molecule has 0 saturated carbocycles. The third-order valence-electron chi connectivity index (χ3n) is 3.91. The zero-order chi connectivity index (χ0) is 16.8. The Kier molecular flexibility index (Phi) is 5.97. The van der Waals surface area contributed by atoms with E-state index in [1.54, 1.807) is 0 Å². The molecule has 1 aromatic carbocycles. The molecule has 4 heteroatoms. The van der Waals surface area contributed by atoms with E-state index in [1.807, 2.05) is 13.0 Å². The second kappa shape index (κ2) is 7.95. The number of anilines is 3. The summed E-state index contributed by atoms with van der Waals surface area (Å²) in [4.78, 5) is 11.3. The van der Waals surface area contributed by atoms with Crippen LogP contribution in [0.4, 0.5) is 17.3 Å². The Morgan fingerprint density at radius 1 is 1.17 bits per heavy atom. The summed E-state index contributed by atoms with van der Waals surface area (Å²) in [6.07, 6.45) is 2.35. The van der Waals surface area contributed by atoms with E-state index in [1.165, 1.54) is 18.4 Å². The molecular formula is C19H28N4. The van der Waals surface area contributed by atoms with Crippen molar-refractivity contribution in [2.45, 2.75) is 46.5 Å². The van der Waals surface area contributed by atoms with E-state index in [4.69, 9.17) is 0 Å². The monoisotopic (exact) mass is 312 g/mol. The number of hydrogen-bond acceptors (Lipinski definition) is 4. The zero-order valence-electron chi connectivity index (χ0n) is 14.9. The van der Waals surface area contributed by atoms with Crippen molar-refractivity contribution in [1.82, 2.24) is 9.97 Å². The first-order valence-electron chi connectivity index (χ1n) is 8.44. The number of para-hydroxylation sites is 1. The summed E-state index contributed by atoms with van der Waals surface area (Å²) in [5.41, 5.74) is 2.41. The van der Waals surface area contributed by atoms with Gasteiger partial charge in [-0.2, -0.15) is 0 Å². The lowest BCUT2D eigenvalue weighted by Gasteiger charge is -2.20. The summed E-state index contributed by atoms with van der Waals surface area (Å²) in [5, 5.41) is 3.47. The minimum Gasteiger partial charge on any atom is -0.360 e. The SMILES string of the molecule is CCCCN(C)c1cc(Nc2ccccc2C(C)C)nc(C)n1. The Hall–Kier alpha value is -2.10. The zero-order valence-corrected chi connectivity index (χ0v) is 14.9. The van der Waals surface area contributed by atoms with Crippen molar-refractivity contribution in [2.75, 3.05) is 23.8 Å². The lowest BCUT2D eigenvalue weighted by molar-refractivity contribution is 0.756. The highest BCUT2D eigenvalue weighted by atomic mass is 15.2. The molecule has 0 aliphatic carbocycles. The maximum atomic E-state index is 4.56. The molecule has 0 bridgehead atoms. The van der Waals surface area contributed by atoms with E-state index in [0.29, 0.717) is 5.92 Å². The Morgan fingerprint density at radius 2 is 1.91 bits per heavy atom. The summed E-state index contributed by atoms with van der Waals surface area (Å²) < 4.78 is 0. The summed E-state index contributed by atoms with van der Waals surface area (Å²) in [6, 6.07) is 10.4. The van der Waals surface area contributed by atoms with Crippen molar-refractivity contribution in [3.05, 3.63) is 41.7 Å². The van der Waals surface area contributed by atoms with E-state index >= 15 is 0 Å². The van der Waals surface area contributed by atoms with Crippen LogP contribution in [0.5, 0.6) is 0 Å². The minimum absolute atomic E-state index is 0.466. The Balaban J connectivity index is 2.25. The molecule has 0 atom stereocenters. The minimum atomic E-state index is 0.466. The van der Waals surface area contributed by atoms with Crippen molar-refractivity contribution in [3.63, 3.8) is 0 Å². The van der Waals surface area contributed by atoms with Crippen LogP contribution in [0.2, 0.25) is 0 Å². The highest BCUT2D eigenvalue weighted by Gasteiger charge is 2.10. The highest BCUT2D eigenvalue weighted by Crippen LogP contribution is 2.27. The Bertz CT molecular complexity index is 637. The fourth-order valence-corrected chi connectivity index (χ4v) is 2.57. The second-order valence-electron chi connectivity index (χ2n) is 6.30. The van der Waals surface area contributed by atoms with Gasteiger partial charge >= 0.3 is 0 Å². The first-order chi connectivity index (χ1) is 11.0. The van der Waals surface area contributed by atoms with E-state index < -0.39 is 0 Å². The number of hydrogen-bond donors (Lipinski definition) is 1. The number of unbranched alkanes of at least 4 members (excludes halogenated alkanes) is 1. The molecule has 2 rings (SSSR count). The number of aryl methyl sites for hydroxylation is 1. The van der Waals surface area contributed by atoms with Crippen LogP contribution < -0.4 is 10.2 Å². The third-order valence-corrected chi connectivity index (χ3v) is 3.91. The first kappa shape index (κ1) is 17.3. The van der Waals surface area contributed by atoms with Crippen LogP contribution in [-0.4, -0.2) is 23.6 Å². The molecular weight excluding hydrogens is 284 g/mol. The van der Waals surface area contributed by atoms with Gasteiger partial charge < -0.3 is 10.2 Å². The predicted molar refractivity (Wildman–Crippen MR) is 98.8 cm³/mol. The molecule has 23 heavy (non-hydrogen) atoms. The summed E-state index contributed by atoms with van der Waals surface area (Å²) in [7, 11) is 2.09. The largest absolute Gasteiger partial charge is 0.360 e. The van der Waals surface area contributed by atoms with Crippen LogP contribution in [0.1, 0.15) is 50.9 Å². The van der Waals surface area contributed by atoms with Gasteiger partial charge in [0.05, 0.1) is 0 Å². The van der Waals surface area contributed by atoms with Gasteiger partial charge in [0.2, 0.25) is 0 Å². The van der Waals surface area contributed by atoms with E-state index in [2.05, 4.69) is 72.3 Å². The van der Waals surface area contributed by atoms with Gasteiger partial charge in [-0.15, -0.1) is 0 Å². The maximum absolute atomic E-state index is 4.56. The van der Waals surface area contributed by atoms with Crippen molar-refractivity contribution in [3.8, 4) is 0 Å². The van der Waals surface area contributed by atoms with Crippen LogP contribution in [0.3, 0.4) is 0 Å². The molecule has 4 nitrogen and oxygen atoms in total. The fourth-order valence-electron chi connectivity index (χ4n) is 2.57. The highest BCUT2D eigenvalue weighted by molar-refractivity contribution is 5.63. The number of rotatable bonds is 7. The smallest absolute Gasteiger partial charge is 0.136 e. The molecule has 0 radical (unpaired) electrons. The number of nitrogens with one attached hydrogen (secondary N) is 1. The predicted octanol–water partition coefficient (Wildman–Crippen LogP) is 4.89. The van der Waals surface area contributed by atoms with Gasteiger partial charge in [0, 0.05) is 25.3 Å². The summed E-state index contributed by atoms with van der Waals surface area (Å²) in [6.45, 7) is 9.56. The summed E-state index contributed by atoms with van der Waals surface area (Å²) >= 11 is 0. The number of nitrogens with zero attached hydrogens (tertiary/aromatic N) is 3. The van der Waals surface area contributed by atoms with E-state index in [0.717, 1.165) is 29.7 Å². The van der Waals surface area contributed by atoms with Gasteiger partial charge in [0.25, 0.3) is 0 Å². The molecule has 1 heterocycles. The second-order valence-corrected chi connectivity index (χ2v) is 6.30. The van der Waals surface area contributed by atoms with Gasteiger partial charge in [0.15, 0.2) is 0 Å². The van der Waals surface area contributed by atoms with Crippen LogP contribution in [-0.2, 0) is 0 Å². The molecule has 1 N–H and O–H groups in total. The van der Waals surface area contributed by atoms with Gasteiger partial charge in [-0.05, 0) is 30.9 Å². The van der Waals surface area contributed by atoms with Crippen molar-refractivity contribution in [1.29, 1.82) is 0 Å². The topological polar surface area (TPSA) is 41.0 Å².